The van der Waals surface area contributed by atoms with E-state index in [1.165, 1.54) is 18.5 Å². The van der Waals surface area contributed by atoms with Crippen LogP contribution in [-0.4, -0.2) is 57.9 Å². The Morgan fingerprint density at radius 1 is 1.37 bits per heavy atom. The Morgan fingerprint density at radius 2 is 2.05 bits per heavy atom. The molecule has 1 aliphatic carbocycles. The molecule has 1 fully saturated rings. The summed E-state index contributed by atoms with van der Waals surface area (Å²) in [5.41, 5.74) is 0. The first kappa shape index (κ1) is 16.4. The second kappa shape index (κ2) is 7.21. The highest BCUT2D eigenvalue weighted by Gasteiger charge is 2.43. The number of carbonyl (C=O) groups is 1. The summed E-state index contributed by atoms with van der Waals surface area (Å²) in [4.78, 5) is 11.6. The molecule has 0 bridgehead atoms. The molecule has 0 aliphatic heterocycles. The molecule has 6 nitrogen and oxygen atoms in total. The van der Waals surface area contributed by atoms with E-state index in [-0.39, 0.29) is 0 Å². The Morgan fingerprint density at radius 3 is 2.63 bits per heavy atom. The fraction of sp³-hybridized carbons (Fsp3) is 0.917. The lowest BCUT2D eigenvalue weighted by molar-refractivity contribution is -0.145. The maximum absolute atomic E-state index is 12.4. The first-order valence-corrected chi connectivity index (χ1v) is 8.06. The topological polar surface area (TPSA) is 72.9 Å². The van der Waals surface area contributed by atoms with Crippen LogP contribution in [0.3, 0.4) is 0 Å². The number of hydrogen-bond donors (Lipinski definition) is 0. The average molecular weight is 293 g/mol. The number of ether oxygens (including phenoxy) is 2. The minimum atomic E-state index is -3.47. The van der Waals surface area contributed by atoms with Crippen LogP contribution >= 0.6 is 0 Å². The zero-order valence-electron chi connectivity index (χ0n) is 11.8. The highest BCUT2D eigenvalue weighted by molar-refractivity contribution is 7.89. The molecular weight excluding hydrogens is 270 g/mol. The summed E-state index contributed by atoms with van der Waals surface area (Å²) in [6.07, 6.45) is 1.83. The van der Waals surface area contributed by atoms with E-state index in [1.54, 1.807) is 0 Å². The van der Waals surface area contributed by atoms with E-state index < -0.39 is 27.2 Å². The third kappa shape index (κ3) is 3.90. The summed E-state index contributed by atoms with van der Waals surface area (Å²) in [5, 5.41) is -0.661. The Labute approximate surface area is 115 Å². The van der Waals surface area contributed by atoms with Crippen molar-refractivity contribution < 1.29 is 22.7 Å². The molecule has 2 unspecified atom stereocenters. The van der Waals surface area contributed by atoms with Gasteiger partial charge in [-0.2, -0.15) is 0 Å². The quantitative estimate of drug-likeness (QED) is 0.508. The third-order valence-corrected chi connectivity index (χ3v) is 5.91. The third-order valence-electron chi connectivity index (χ3n) is 3.53. The molecule has 0 aromatic carbocycles. The van der Waals surface area contributed by atoms with Crippen molar-refractivity contribution in [2.24, 2.45) is 5.92 Å². The monoisotopic (exact) mass is 293 g/mol. The minimum absolute atomic E-state index is 0.306. The van der Waals surface area contributed by atoms with Crippen LogP contribution in [0.25, 0.3) is 0 Å². The van der Waals surface area contributed by atoms with E-state index in [4.69, 9.17) is 9.47 Å². The molecule has 7 heteroatoms. The van der Waals surface area contributed by atoms with E-state index in [1.807, 2.05) is 6.92 Å². The summed E-state index contributed by atoms with van der Waals surface area (Å²) < 4.78 is 36.0. The molecule has 19 heavy (non-hydrogen) atoms. The van der Waals surface area contributed by atoms with Gasteiger partial charge >= 0.3 is 5.97 Å². The van der Waals surface area contributed by atoms with E-state index in [2.05, 4.69) is 0 Å². The maximum Gasteiger partial charge on any atom is 0.310 e. The van der Waals surface area contributed by atoms with Gasteiger partial charge in [0.1, 0.15) is 0 Å². The lowest BCUT2D eigenvalue weighted by Crippen LogP contribution is -2.41. The Hall–Kier alpha value is -0.660. The predicted octanol–water partition coefficient (Wildman–Crippen LogP) is 0.626. The maximum atomic E-state index is 12.4. The van der Waals surface area contributed by atoms with Gasteiger partial charge in [-0.3, -0.25) is 4.79 Å². The lowest BCUT2D eigenvalue weighted by atomic mass is 10.1. The van der Waals surface area contributed by atoms with E-state index in [0.717, 1.165) is 6.42 Å². The number of hydrogen-bond acceptors (Lipinski definition) is 5. The van der Waals surface area contributed by atoms with Gasteiger partial charge in [-0.15, -0.1) is 0 Å². The fourth-order valence-corrected chi connectivity index (χ4v) is 4.32. The highest BCUT2D eigenvalue weighted by Crippen LogP contribution is 2.33. The number of esters is 1. The van der Waals surface area contributed by atoms with Gasteiger partial charge in [-0.05, 0) is 19.8 Å². The van der Waals surface area contributed by atoms with Crippen LogP contribution in [-0.2, 0) is 24.3 Å². The molecule has 112 valence electrons. The van der Waals surface area contributed by atoms with Crippen LogP contribution in [0.1, 0.15) is 26.2 Å². The van der Waals surface area contributed by atoms with Gasteiger partial charge in [0.25, 0.3) is 0 Å². The molecule has 0 heterocycles. The Bertz CT molecular complexity index is 395. The molecule has 0 aromatic rings. The summed E-state index contributed by atoms with van der Waals surface area (Å²) >= 11 is 0. The number of methoxy groups -OCH3 is 1. The van der Waals surface area contributed by atoms with Crippen molar-refractivity contribution in [2.45, 2.75) is 31.4 Å². The standard InChI is InChI=1S/C12H23NO5S/c1-4-18-9-8-13(2)19(15,16)11-7-5-6-10(11)12(14)17-3/h10-11H,4-9H2,1-3H3. The van der Waals surface area contributed by atoms with Gasteiger partial charge in [0.05, 0.1) is 24.9 Å². The summed E-state index contributed by atoms with van der Waals surface area (Å²) in [7, 11) is -0.647. The number of likely N-dealkylation sites (N-methyl/N-ethyl adjacent to an activating group) is 1. The molecule has 0 N–H and O–H groups in total. The van der Waals surface area contributed by atoms with Crippen molar-refractivity contribution in [1.82, 2.24) is 4.31 Å². The van der Waals surface area contributed by atoms with Gasteiger partial charge in [0.2, 0.25) is 10.0 Å². The molecule has 1 saturated carbocycles. The zero-order valence-corrected chi connectivity index (χ0v) is 12.6. The normalized spacial score (nSPS) is 23.8. The number of carbonyl (C=O) groups excluding carboxylic acids is 1. The average Bonchev–Trinajstić information content (AvgIpc) is 2.87. The molecule has 0 spiro atoms. The molecule has 1 aliphatic rings. The molecule has 0 aromatic heterocycles. The summed E-state index contributed by atoms with van der Waals surface area (Å²) in [6, 6.07) is 0. The summed E-state index contributed by atoms with van der Waals surface area (Å²) in [5.74, 6) is -0.964. The molecule has 0 radical (unpaired) electrons. The predicted molar refractivity (Wildman–Crippen MR) is 71.2 cm³/mol. The lowest BCUT2D eigenvalue weighted by Gasteiger charge is -2.24. The Balaban J connectivity index is 2.72. The van der Waals surface area contributed by atoms with Crippen LogP contribution < -0.4 is 0 Å². The molecule has 0 saturated heterocycles. The smallest absolute Gasteiger partial charge is 0.310 e. The number of sulfonamides is 1. The fourth-order valence-electron chi connectivity index (χ4n) is 2.40. The highest BCUT2D eigenvalue weighted by atomic mass is 32.2. The van der Waals surface area contributed by atoms with Crippen LogP contribution in [0.15, 0.2) is 0 Å². The van der Waals surface area contributed by atoms with Gasteiger partial charge < -0.3 is 9.47 Å². The minimum Gasteiger partial charge on any atom is -0.469 e. The second-order valence-electron chi connectivity index (χ2n) is 4.66. The van der Waals surface area contributed by atoms with Crippen molar-refractivity contribution in [2.75, 3.05) is 33.9 Å². The zero-order chi connectivity index (χ0) is 14.5. The van der Waals surface area contributed by atoms with Crippen molar-refractivity contribution in [3.05, 3.63) is 0 Å². The molecule has 1 rings (SSSR count). The largest absolute Gasteiger partial charge is 0.469 e. The molecule has 0 amide bonds. The van der Waals surface area contributed by atoms with Crippen LogP contribution in [0.2, 0.25) is 0 Å². The van der Waals surface area contributed by atoms with Gasteiger partial charge in [-0.1, -0.05) is 6.42 Å². The van der Waals surface area contributed by atoms with Gasteiger partial charge in [0, 0.05) is 20.2 Å². The van der Waals surface area contributed by atoms with E-state index in [9.17, 15) is 13.2 Å². The number of rotatable bonds is 7. The van der Waals surface area contributed by atoms with Gasteiger partial charge in [-0.25, -0.2) is 12.7 Å². The van der Waals surface area contributed by atoms with Crippen LogP contribution in [0, 0.1) is 5.92 Å². The number of nitrogens with zero attached hydrogens (tertiary/aromatic N) is 1. The summed E-state index contributed by atoms with van der Waals surface area (Å²) in [6.45, 7) is 3.09. The molecule has 2 atom stereocenters. The first-order chi connectivity index (χ1) is 8.95. The van der Waals surface area contributed by atoms with E-state index >= 15 is 0 Å². The van der Waals surface area contributed by atoms with Crippen LogP contribution in [0.4, 0.5) is 0 Å². The van der Waals surface area contributed by atoms with Crippen LogP contribution in [0.5, 0.6) is 0 Å². The van der Waals surface area contributed by atoms with Crippen molar-refractivity contribution in [1.29, 1.82) is 0 Å². The van der Waals surface area contributed by atoms with Crippen molar-refractivity contribution in [3.8, 4) is 0 Å². The van der Waals surface area contributed by atoms with Crippen molar-refractivity contribution >= 4 is 16.0 Å². The Kier molecular flexibility index (Phi) is 6.22. The van der Waals surface area contributed by atoms with E-state index in [0.29, 0.717) is 32.6 Å². The van der Waals surface area contributed by atoms with Crippen molar-refractivity contribution in [3.63, 3.8) is 0 Å². The first-order valence-electron chi connectivity index (χ1n) is 6.55. The van der Waals surface area contributed by atoms with Gasteiger partial charge in [0.15, 0.2) is 0 Å². The SMILES string of the molecule is CCOCCN(C)S(=O)(=O)C1CCCC1C(=O)OC. The second-order valence-corrected chi connectivity index (χ2v) is 6.92. The molecular formula is C12H23NO5S.